The number of nitrogens with two attached hydrogens (primary N) is 1. The summed E-state index contributed by atoms with van der Waals surface area (Å²) in [6, 6.07) is 1.16. The van der Waals surface area contributed by atoms with Gasteiger partial charge in [-0.25, -0.2) is 4.79 Å². The van der Waals surface area contributed by atoms with Gasteiger partial charge in [0, 0.05) is 18.5 Å². The van der Waals surface area contributed by atoms with E-state index in [2.05, 4.69) is 13.0 Å². The molecule has 6 nitrogen and oxygen atoms in total. The zero-order valence-corrected chi connectivity index (χ0v) is 17.7. The zero-order chi connectivity index (χ0) is 21.2. The van der Waals surface area contributed by atoms with Crippen LogP contribution < -0.4 is 20.8 Å². The van der Waals surface area contributed by atoms with E-state index in [-0.39, 0.29) is 19.3 Å². The van der Waals surface area contributed by atoms with Gasteiger partial charge >= 0.3 is 5.63 Å². The summed E-state index contributed by atoms with van der Waals surface area (Å²) in [5, 5.41) is 10.1. The lowest BCUT2D eigenvalue weighted by Crippen LogP contribution is -2.27. The molecule has 1 aliphatic heterocycles. The molecule has 1 unspecified atom stereocenters. The highest BCUT2D eigenvalue weighted by atomic mass is 16.5. The number of fused-ring (bicyclic) bond motifs is 3. The van der Waals surface area contributed by atoms with E-state index in [0.29, 0.717) is 29.1 Å². The van der Waals surface area contributed by atoms with Gasteiger partial charge in [-0.05, 0) is 32.3 Å². The highest BCUT2D eigenvalue weighted by Gasteiger charge is 2.31. The number of rotatable bonds is 7. The van der Waals surface area contributed by atoms with Gasteiger partial charge in [-0.15, -0.1) is 0 Å². The minimum Gasteiger partial charge on any atom is -0.490 e. The van der Waals surface area contributed by atoms with Crippen LogP contribution in [0.3, 0.4) is 0 Å². The molecule has 1 atom stereocenters. The molecule has 158 valence electrons. The Balaban J connectivity index is 2.50. The van der Waals surface area contributed by atoms with Crippen molar-refractivity contribution in [2.75, 3.05) is 13.2 Å². The minimum atomic E-state index is -0.434. The number of aryl methyl sites for hydroxylation is 1. The number of hydrogen-bond acceptors (Lipinski definition) is 6. The Morgan fingerprint density at radius 2 is 2.10 bits per heavy atom. The highest BCUT2D eigenvalue weighted by Crippen LogP contribution is 2.48. The van der Waals surface area contributed by atoms with E-state index in [4.69, 9.17) is 19.6 Å². The molecule has 0 amide bonds. The zero-order valence-electron chi connectivity index (χ0n) is 17.7. The van der Waals surface area contributed by atoms with Crippen LogP contribution in [0, 0.1) is 0 Å². The Bertz CT molecular complexity index is 974. The van der Waals surface area contributed by atoms with Crippen molar-refractivity contribution in [2.24, 2.45) is 5.73 Å². The van der Waals surface area contributed by atoms with Crippen LogP contribution in [0.4, 0.5) is 0 Å². The summed E-state index contributed by atoms with van der Waals surface area (Å²) in [7, 11) is 0. The third-order valence-corrected chi connectivity index (χ3v) is 5.19. The standard InChI is InChI=1S/C23H31NO5/c1-5-8-14-13-17(26)28-22-18(14)21-15(9-7-10-23(3,4)29-21)20(27-12-11-25)19(22)16(24)6-2/h7,9,13,16,25H,5-6,8,10-12,24H2,1-4H3. The first-order valence-corrected chi connectivity index (χ1v) is 10.3. The average Bonchev–Trinajstić information content (AvgIpc) is 2.82. The highest BCUT2D eigenvalue weighted by molar-refractivity contribution is 5.96. The van der Waals surface area contributed by atoms with Crippen molar-refractivity contribution in [1.82, 2.24) is 0 Å². The molecule has 0 saturated carbocycles. The molecule has 0 fully saturated rings. The van der Waals surface area contributed by atoms with Gasteiger partial charge in [0.1, 0.15) is 23.7 Å². The Kier molecular flexibility index (Phi) is 6.34. The second kappa shape index (κ2) is 8.59. The quantitative estimate of drug-likeness (QED) is 0.678. The molecule has 0 saturated heterocycles. The smallest absolute Gasteiger partial charge is 0.336 e. The minimum absolute atomic E-state index is 0.109. The fourth-order valence-electron chi connectivity index (χ4n) is 3.81. The lowest BCUT2D eigenvalue weighted by molar-refractivity contribution is 0.115. The molecule has 1 aromatic heterocycles. The van der Waals surface area contributed by atoms with Gasteiger partial charge in [0.05, 0.1) is 23.1 Å². The van der Waals surface area contributed by atoms with Crippen LogP contribution in [0.15, 0.2) is 21.4 Å². The molecule has 6 heteroatoms. The molecule has 0 bridgehead atoms. The van der Waals surface area contributed by atoms with Gasteiger partial charge in [0.25, 0.3) is 0 Å². The van der Waals surface area contributed by atoms with Crippen molar-refractivity contribution in [3.8, 4) is 11.5 Å². The molecule has 0 spiro atoms. The molecule has 29 heavy (non-hydrogen) atoms. The van der Waals surface area contributed by atoms with E-state index in [9.17, 15) is 9.90 Å². The summed E-state index contributed by atoms with van der Waals surface area (Å²) in [4.78, 5) is 12.4. The van der Waals surface area contributed by atoms with Gasteiger partial charge < -0.3 is 24.7 Å². The number of ether oxygens (including phenoxy) is 2. The summed E-state index contributed by atoms with van der Waals surface area (Å²) in [5.74, 6) is 1.16. The summed E-state index contributed by atoms with van der Waals surface area (Å²) >= 11 is 0. The number of hydrogen-bond donors (Lipinski definition) is 2. The Hall–Kier alpha value is -2.31. The van der Waals surface area contributed by atoms with Crippen LogP contribution in [-0.4, -0.2) is 23.9 Å². The molecule has 1 aliphatic rings. The lowest BCUT2D eigenvalue weighted by atomic mass is 9.93. The van der Waals surface area contributed by atoms with Gasteiger partial charge in [0.15, 0.2) is 5.58 Å². The van der Waals surface area contributed by atoms with Crippen molar-refractivity contribution in [3.05, 3.63) is 39.3 Å². The van der Waals surface area contributed by atoms with Crippen LogP contribution in [0.25, 0.3) is 17.0 Å². The monoisotopic (exact) mass is 401 g/mol. The predicted octanol–water partition coefficient (Wildman–Crippen LogP) is 4.10. The van der Waals surface area contributed by atoms with E-state index < -0.39 is 11.2 Å². The summed E-state index contributed by atoms with van der Waals surface area (Å²) in [6.45, 7) is 8.07. The van der Waals surface area contributed by atoms with E-state index in [0.717, 1.165) is 35.8 Å². The second-order valence-corrected chi connectivity index (χ2v) is 8.09. The summed E-state index contributed by atoms with van der Waals surface area (Å²) in [5.41, 5.74) is 8.36. The molecule has 0 radical (unpaired) electrons. The fourth-order valence-corrected chi connectivity index (χ4v) is 3.81. The third-order valence-electron chi connectivity index (χ3n) is 5.19. The first-order chi connectivity index (χ1) is 13.8. The van der Waals surface area contributed by atoms with Crippen molar-refractivity contribution < 1.29 is 19.0 Å². The molecular weight excluding hydrogens is 370 g/mol. The molecule has 2 heterocycles. The normalized spacial score (nSPS) is 16.2. The van der Waals surface area contributed by atoms with E-state index in [1.807, 2.05) is 26.8 Å². The number of aliphatic hydroxyl groups is 1. The molecular formula is C23H31NO5. The SMILES string of the molecule is CCCc1cc(=O)oc2c(C(N)CC)c(OCCO)c3c(c12)OC(C)(C)CC=C3. The maximum absolute atomic E-state index is 12.4. The van der Waals surface area contributed by atoms with E-state index in [1.165, 1.54) is 0 Å². The van der Waals surface area contributed by atoms with Gasteiger partial charge in [-0.2, -0.15) is 0 Å². The number of aliphatic hydroxyl groups excluding tert-OH is 1. The van der Waals surface area contributed by atoms with Crippen LogP contribution in [-0.2, 0) is 6.42 Å². The molecule has 2 aromatic rings. The van der Waals surface area contributed by atoms with Crippen LogP contribution in [0.5, 0.6) is 11.5 Å². The van der Waals surface area contributed by atoms with E-state index in [1.54, 1.807) is 6.07 Å². The second-order valence-electron chi connectivity index (χ2n) is 8.09. The molecule has 3 N–H and O–H groups in total. The Morgan fingerprint density at radius 1 is 1.34 bits per heavy atom. The van der Waals surface area contributed by atoms with Crippen LogP contribution in [0.1, 0.15) is 69.7 Å². The summed E-state index contributed by atoms with van der Waals surface area (Å²) in [6.07, 6.45) is 7.01. The third kappa shape index (κ3) is 4.19. The molecule has 0 aliphatic carbocycles. The average molecular weight is 402 g/mol. The van der Waals surface area contributed by atoms with Crippen molar-refractivity contribution in [1.29, 1.82) is 0 Å². The van der Waals surface area contributed by atoms with Crippen molar-refractivity contribution >= 4 is 17.0 Å². The largest absolute Gasteiger partial charge is 0.490 e. The first-order valence-electron chi connectivity index (χ1n) is 10.3. The lowest BCUT2D eigenvalue weighted by Gasteiger charge is -2.28. The topological polar surface area (TPSA) is 94.9 Å². The van der Waals surface area contributed by atoms with Gasteiger partial charge in [-0.3, -0.25) is 0 Å². The van der Waals surface area contributed by atoms with Crippen molar-refractivity contribution in [2.45, 2.75) is 65.0 Å². The van der Waals surface area contributed by atoms with E-state index >= 15 is 0 Å². The van der Waals surface area contributed by atoms with Crippen molar-refractivity contribution in [3.63, 3.8) is 0 Å². The predicted molar refractivity (Wildman–Crippen MR) is 115 cm³/mol. The van der Waals surface area contributed by atoms with Gasteiger partial charge in [-0.1, -0.05) is 32.4 Å². The van der Waals surface area contributed by atoms with Gasteiger partial charge in [0.2, 0.25) is 0 Å². The Morgan fingerprint density at radius 3 is 2.76 bits per heavy atom. The van der Waals surface area contributed by atoms with Crippen LogP contribution >= 0.6 is 0 Å². The molecule has 1 aromatic carbocycles. The maximum atomic E-state index is 12.4. The van der Waals surface area contributed by atoms with Crippen LogP contribution in [0.2, 0.25) is 0 Å². The maximum Gasteiger partial charge on any atom is 0.336 e. The Labute approximate surface area is 171 Å². The first kappa shape index (κ1) is 21.4. The fraction of sp³-hybridized carbons (Fsp3) is 0.522. The number of benzene rings is 1. The summed E-state index contributed by atoms with van der Waals surface area (Å²) < 4.78 is 18.1. The molecule has 3 rings (SSSR count).